The van der Waals surface area contributed by atoms with Gasteiger partial charge in [0.2, 0.25) is 5.75 Å². The Bertz CT molecular complexity index is 843. The smallest absolute Gasteiger partial charge is 0.320 e. The Kier molecular flexibility index (Phi) is 7.15. The van der Waals surface area contributed by atoms with E-state index in [0.29, 0.717) is 30.2 Å². The normalized spacial score (nSPS) is 17.9. The van der Waals surface area contributed by atoms with E-state index in [2.05, 4.69) is 6.92 Å². The molecular weight excluding hydrogens is 384 g/mol. The third-order valence-corrected chi connectivity index (χ3v) is 5.70. The lowest BCUT2D eigenvalue weighted by atomic mass is 9.93. The maximum Gasteiger partial charge on any atom is 0.320 e. The van der Waals surface area contributed by atoms with Gasteiger partial charge in [-0.3, -0.25) is 14.7 Å². The number of pyridine rings is 1. The number of methoxy groups -OCH3 is 3. The summed E-state index contributed by atoms with van der Waals surface area (Å²) < 4.78 is 16.5. The van der Waals surface area contributed by atoms with Crippen molar-refractivity contribution in [3.05, 3.63) is 47.3 Å². The van der Waals surface area contributed by atoms with Crippen LogP contribution < -0.4 is 14.2 Å². The molecule has 1 fully saturated rings. The van der Waals surface area contributed by atoms with E-state index in [1.165, 1.54) is 0 Å². The van der Waals surface area contributed by atoms with Crippen LogP contribution in [0.2, 0.25) is 0 Å². The molecule has 2 unspecified atom stereocenters. The largest absolute Gasteiger partial charge is 0.493 e. The fraction of sp³-hybridized carbons (Fsp3) is 0.478. The van der Waals surface area contributed by atoms with E-state index in [4.69, 9.17) is 19.2 Å². The summed E-state index contributed by atoms with van der Waals surface area (Å²) in [6.07, 6.45) is 5.21. The van der Waals surface area contributed by atoms with E-state index >= 15 is 0 Å². The van der Waals surface area contributed by atoms with Crippen LogP contribution in [0.5, 0.6) is 17.2 Å². The zero-order chi connectivity index (χ0) is 21.7. The van der Waals surface area contributed by atoms with Crippen molar-refractivity contribution in [2.75, 3.05) is 27.9 Å². The molecule has 30 heavy (non-hydrogen) atoms. The highest BCUT2D eigenvalue weighted by atomic mass is 16.5. The molecule has 0 radical (unpaired) electrons. The molecule has 2 heterocycles. The Morgan fingerprint density at radius 2 is 1.87 bits per heavy atom. The van der Waals surface area contributed by atoms with Crippen molar-refractivity contribution in [3.8, 4) is 17.2 Å². The molecule has 1 aliphatic heterocycles. The van der Waals surface area contributed by atoms with Gasteiger partial charge in [-0.25, -0.2) is 0 Å². The first-order valence-electron chi connectivity index (χ1n) is 10.3. The van der Waals surface area contributed by atoms with Crippen molar-refractivity contribution in [2.45, 2.75) is 44.7 Å². The van der Waals surface area contributed by atoms with Crippen molar-refractivity contribution in [2.24, 2.45) is 0 Å². The van der Waals surface area contributed by atoms with Gasteiger partial charge < -0.3 is 19.3 Å². The number of piperidine rings is 1. The molecule has 1 aliphatic rings. The monoisotopic (exact) mass is 414 g/mol. The number of benzene rings is 1. The minimum Gasteiger partial charge on any atom is -0.493 e. The number of ether oxygens (including phenoxy) is 3. The Morgan fingerprint density at radius 1 is 1.17 bits per heavy atom. The molecule has 1 N–H and O–H groups in total. The number of carbonyl (C=O) groups is 1. The van der Waals surface area contributed by atoms with Crippen LogP contribution in [0.3, 0.4) is 0 Å². The summed E-state index contributed by atoms with van der Waals surface area (Å²) >= 11 is 0. The van der Waals surface area contributed by atoms with Crippen molar-refractivity contribution in [1.29, 1.82) is 0 Å². The maximum absolute atomic E-state index is 12.0. The number of rotatable bonds is 8. The van der Waals surface area contributed by atoms with Crippen molar-refractivity contribution >= 4 is 5.97 Å². The summed E-state index contributed by atoms with van der Waals surface area (Å²) in [6.45, 7) is 2.76. The third-order valence-electron chi connectivity index (χ3n) is 5.70. The van der Waals surface area contributed by atoms with E-state index in [0.717, 1.165) is 36.1 Å². The van der Waals surface area contributed by atoms with Gasteiger partial charge in [-0.1, -0.05) is 19.4 Å². The number of carboxylic acid groups (broad SMARTS) is 1. The van der Waals surface area contributed by atoms with Crippen LogP contribution in [0, 0.1) is 0 Å². The summed E-state index contributed by atoms with van der Waals surface area (Å²) in [5.74, 6) is 0.763. The van der Waals surface area contributed by atoms with Crippen molar-refractivity contribution in [1.82, 2.24) is 9.88 Å². The zero-order valence-corrected chi connectivity index (χ0v) is 18.1. The van der Waals surface area contributed by atoms with Crippen LogP contribution in [0.15, 0.2) is 30.5 Å². The van der Waals surface area contributed by atoms with E-state index in [1.807, 2.05) is 35.4 Å². The van der Waals surface area contributed by atoms with Gasteiger partial charge in [-0.15, -0.1) is 0 Å². The molecule has 7 nitrogen and oxygen atoms in total. The first-order valence-corrected chi connectivity index (χ1v) is 10.3. The molecular formula is C23H30N2O5. The molecule has 0 bridgehead atoms. The lowest BCUT2D eigenvalue weighted by Crippen LogP contribution is -2.47. The second-order valence-electron chi connectivity index (χ2n) is 7.39. The molecule has 1 saturated heterocycles. The van der Waals surface area contributed by atoms with Gasteiger partial charge in [-0.2, -0.15) is 0 Å². The number of carboxylic acids is 1. The average Bonchev–Trinajstić information content (AvgIpc) is 2.79. The minimum atomic E-state index is -0.808. The average molecular weight is 415 g/mol. The highest BCUT2D eigenvalue weighted by Crippen LogP contribution is 2.43. The molecule has 7 heteroatoms. The molecule has 1 aromatic carbocycles. The van der Waals surface area contributed by atoms with Crippen LogP contribution in [0.4, 0.5) is 0 Å². The van der Waals surface area contributed by atoms with Gasteiger partial charge in [0.1, 0.15) is 6.04 Å². The fourth-order valence-corrected chi connectivity index (χ4v) is 4.13. The summed E-state index contributed by atoms with van der Waals surface area (Å²) in [6, 6.07) is 6.89. The van der Waals surface area contributed by atoms with Gasteiger partial charge in [0.25, 0.3) is 0 Å². The molecule has 0 amide bonds. The van der Waals surface area contributed by atoms with Crippen molar-refractivity contribution in [3.63, 3.8) is 0 Å². The molecule has 2 atom stereocenters. The molecule has 0 saturated carbocycles. The molecule has 1 aromatic heterocycles. The predicted molar refractivity (Wildman–Crippen MR) is 114 cm³/mol. The Labute approximate surface area is 177 Å². The number of nitrogens with zero attached hydrogens (tertiary/aromatic N) is 2. The van der Waals surface area contributed by atoms with E-state index in [9.17, 15) is 9.90 Å². The Hall–Kier alpha value is -2.80. The number of aryl methyl sites for hydroxylation is 1. The zero-order valence-electron chi connectivity index (χ0n) is 18.1. The highest BCUT2D eigenvalue weighted by molar-refractivity contribution is 5.73. The molecule has 0 spiro atoms. The number of aromatic nitrogens is 1. The van der Waals surface area contributed by atoms with Gasteiger partial charge in [0.15, 0.2) is 11.5 Å². The Balaban J connectivity index is 2.17. The number of likely N-dealkylation sites (tertiary alicyclic amines) is 1. The van der Waals surface area contributed by atoms with Gasteiger partial charge in [0, 0.05) is 6.20 Å². The number of aliphatic carboxylic acids is 1. The topological polar surface area (TPSA) is 81.1 Å². The first kappa shape index (κ1) is 21.9. The SMILES string of the molecule is CCc1ccc(C(c2cc(OC)c(OC)c(OC)c2)N2CCCCC2C(=O)O)nc1. The minimum absolute atomic E-state index is 0.342. The number of hydrogen-bond donors (Lipinski definition) is 1. The van der Waals surface area contributed by atoms with E-state index in [-0.39, 0.29) is 6.04 Å². The summed E-state index contributed by atoms with van der Waals surface area (Å²) in [4.78, 5) is 18.8. The van der Waals surface area contributed by atoms with Crippen LogP contribution >= 0.6 is 0 Å². The van der Waals surface area contributed by atoms with Gasteiger partial charge in [-0.05, 0) is 55.1 Å². The summed E-state index contributed by atoms with van der Waals surface area (Å²) in [7, 11) is 4.71. The summed E-state index contributed by atoms with van der Waals surface area (Å²) in [5, 5.41) is 9.89. The quantitative estimate of drug-likeness (QED) is 0.705. The number of hydrogen-bond acceptors (Lipinski definition) is 6. The second-order valence-corrected chi connectivity index (χ2v) is 7.39. The van der Waals surface area contributed by atoms with Gasteiger partial charge >= 0.3 is 5.97 Å². The second kappa shape index (κ2) is 9.80. The standard InChI is InChI=1S/C23H30N2O5/c1-5-15-9-10-17(24-14-15)21(25-11-7-6-8-18(25)23(26)27)16-12-19(28-2)22(30-4)20(13-16)29-3/h9-10,12-14,18,21H,5-8,11H2,1-4H3,(H,26,27). The molecule has 3 rings (SSSR count). The predicted octanol–water partition coefficient (Wildman–Crippen LogP) is 3.70. The molecule has 2 aromatic rings. The fourth-order valence-electron chi connectivity index (χ4n) is 4.13. The van der Waals surface area contributed by atoms with Crippen LogP contribution in [-0.2, 0) is 11.2 Å². The summed E-state index contributed by atoms with van der Waals surface area (Å²) in [5.41, 5.74) is 2.79. The highest BCUT2D eigenvalue weighted by Gasteiger charge is 2.36. The third kappa shape index (κ3) is 4.36. The van der Waals surface area contributed by atoms with Crippen LogP contribution in [0.25, 0.3) is 0 Å². The van der Waals surface area contributed by atoms with E-state index in [1.54, 1.807) is 21.3 Å². The lowest BCUT2D eigenvalue weighted by molar-refractivity contribution is -0.145. The van der Waals surface area contributed by atoms with E-state index < -0.39 is 12.0 Å². The maximum atomic E-state index is 12.0. The van der Waals surface area contributed by atoms with Gasteiger partial charge in [0.05, 0.1) is 33.1 Å². The van der Waals surface area contributed by atoms with Crippen LogP contribution in [0.1, 0.15) is 49.0 Å². The van der Waals surface area contributed by atoms with Crippen molar-refractivity contribution < 1.29 is 24.1 Å². The molecule has 162 valence electrons. The lowest BCUT2D eigenvalue weighted by Gasteiger charge is -2.39. The Morgan fingerprint density at radius 3 is 2.37 bits per heavy atom. The van der Waals surface area contributed by atoms with Crippen LogP contribution in [-0.4, -0.2) is 54.9 Å². The first-order chi connectivity index (χ1) is 14.5. The molecule has 0 aliphatic carbocycles.